The third kappa shape index (κ3) is 5.13. The van der Waals surface area contributed by atoms with E-state index in [0.29, 0.717) is 57.2 Å². The first-order chi connectivity index (χ1) is 19.8. The van der Waals surface area contributed by atoms with Gasteiger partial charge in [-0.2, -0.15) is 0 Å². The van der Waals surface area contributed by atoms with Crippen molar-refractivity contribution in [2.75, 3.05) is 7.11 Å². The third-order valence-electron chi connectivity index (χ3n) is 8.19. The van der Waals surface area contributed by atoms with Gasteiger partial charge < -0.3 is 14.1 Å². The van der Waals surface area contributed by atoms with Crippen molar-refractivity contribution in [3.8, 4) is 11.3 Å². The smallest absolute Gasteiger partial charge is 0.366 e. The monoisotopic (exact) mass is 579 g/mol. The van der Waals surface area contributed by atoms with E-state index >= 15 is 4.39 Å². The summed E-state index contributed by atoms with van der Waals surface area (Å²) >= 11 is 6.36. The minimum atomic E-state index is -1.25. The number of nitrogens with zero attached hydrogens (tertiary/aromatic N) is 5. The molecule has 1 saturated heterocycles. The SMILES string of the molecule is COC(C)(c1ccccc1F)c1nc2nc(C3NOC(=O)N3)nc(-c3cncc(Cl)c3)c2n1CC1CCC(C)CC1. The van der Waals surface area contributed by atoms with Crippen LogP contribution in [0.4, 0.5) is 9.18 Å². The number of halogens is 2. The number of hydroxylamine groups is 1. The highest BCUT2D eigenvalue weighted by Crippen LogP contribution is 2.40. The predicted molar refractivity (Wildman–Crippen MR) is 150 cm³/mol. The molecule has 3 aromatic heterocycles. The van der Waals surface area contributed by atoms with E-state index in [1.54, 1.807) is 43.8 Å². The van der Waals surface area contributed by atoms with E-state index in [0.717, 1.165) is 25.7 Å². The average molecular weight is 580 g/mol. The number of ether oxygens (including phenoxy) is 1. The Morgan fingerprint density at radius 2 is 1.95 bits per heavy atom. The number of fused-ring (bicyclic) bond motifs is 1. The molecule has 1 saturated carbocycles. The number of benzene rings is 1. The second-order valence-electron chi connectivity index (χ2n) is 11.0. The van der Waals surface area contributed by atoms with Crippen molar-refractivity contribution in [3.05, 3.63) is 70.8 Å². The fourth-order valence-corrected chi connectivity index (χ4v) is 5.99. The number of hydrogen-bond donors (Lipinski definition) is 2. The van der Waals surface area contributed by atoms with Crippen molar-refractivity contribution >= 4 is 28.9 Å². The van der Waals surface area contributed by atoms with E-state index in [-0.39, 0.29) is 5.82 Å². The molecule has 1 amide bonds. The van der Waals surface area contributed by atoms with Crippen molar-refractivity contribution in [2.45, 2.75) is 57.8 Å². The second-order valence-corrected chi connectivity index (χ2v) is 11.4. The highest BCUT2D eigenvalue weighted by Gasteiger charge is 2.39. The summed E-state index contributed by atoms with van der Waals surface area (Å²) in [6, 6.07) is 8.31. The third-order valence-corrected chi connectivity index (χ3v) is 8.39. The first-order valence-corrected chi connectivity index (χ1v) is 14.1. The van der Waals surface area contributed by atoms with Crippen molar-refractivity contribution in [1.82, 2.24) is 35.3 Å². The lowest BCUT2D eigenvalue weighted by molar-refractivity contribution is 0.0248. The molecule has 6 rings (SSSR count). The topological polar surface area (TPSA) is 116 Å². The van der Waals surface area contributed by atoms with Gasteiger partial charge in [0.2, 0.25) is 0 Å². The molecule has 2 N–H and O–H groups in total. The normalized spacial score (nSPS) is 22.4. The Hall–Kier alpha value is -3.67. The molecule has 0 radical (unpaired) electrons. The summed E-state index contributed by atoms with van der Waals surface area (Å²) in [7, 11) is 1.55. The predicted octanol–water partition coefficient (Wildman–Crippen LogP) is 5.66. The lowest BCUT2D eigenvalue weighted by Gasteiger charge is -2.32. The molecular formula is C29H31ClFN7O3. The zero-order valence-electron chi connectivity index (χ0n) is 23.0. The molecule has 214 valence electrons. The number of carbonyl (C=O) groups is 1. The summed E-state index contributed by atoms with van der Waals surface area (Å²) in [6.07, 6.45) is 6.17. The summed E-state index contributed by atoms with van der Waals surface area (Å²) in [5, 5.41) is 3.08. The van der Waals surface area contributed by atoms with E-state index in [1.165, 1.54) is 6.07 Å². The van der Waals surface area contributed by atoms with Gasteiger partial charge in [0.15, 0.2) is 23.2 Å². The molecule has 4 heterocycles. The van der Waals surface area contributed by atoms with Crippen LogP contribution < -0.4 is 10.8 Å². The van der Waals surface area contributed by atoms with Crippen LogP contribution in [0.1, 0.15) is 62.9 Å². The van der Waals surface area contributed by atoms with Crippen LogP contribution in [0, 0.1) is 17.7 Å². The van der Waals surface area contributed by atoms with Crippen LogP contribution in [0.15, 0.2) is 42.7 Å². The van der Waals surface area contributed by atoms with Crippen molar-refractivity contribution in [1.29, 1.82) is 0 Å². The van der Waals surface area contributed by atoms with E-state index in [1.807, 2.05) is 6.92 Å². The van der Waals surface area contributed by atoms with Gasteiger partial charge in [-0.25, -0.2) is 24.1 Å². The lowest BCUT2D eigenvalue weighted by Crippen LogP contribution is -2.32. The number of amides is 1. The number of methoxy groups -OCH3 is 1. The number of nitrogens with one attached hydrogen (secondary N) is 2. The van der Waals surface area contributed by atoms with Gasteiger partial charge >= 0.3 is 6.09 Å². The van der Waals surface area contributed by atoms with Crippen LogP contribution in [0.25, 0.3) is 22.4 Å². The number of rotatable bonds is 7. The molecule has 0 spiro atoms. The summed E-state index contributed by atoms with van der Waals surface area (Å²) < 4.78 is 23.5. The molecule has 2 fully saturated rings. The molecule has 2 atom stereocenters. The van der Waals surface area contributed by atoms with E-state index in [2.05, 4.69) is 27.3 Å². The van der Waals surface area contributed by atoms with E-state index in [4.69, 9.17) is 36.1 Å². The molecule has 41 heavy (non-hydrogen) atoms. The van der Waals surface area contributed by atoms with E-state index in [9.17, 15) is 4.79 Å². The van der Waals surface area contributed by atoms with Gasteiger partial charge in [0.05, 0.1) is 5.02 Å². The van der Waals surface area contributed by atoms with E-state index < -0.39 is 23.7 Å². The standard InChI is InChI=1S/C29H31ClFN7O3/c1-16-8-10-17(11-9-16)15-38-23-22(18-12-19(30)14-32-13-18)33-25(26-36-28(39)41-37-26)34-24(23)35-27(38)29(2,40-3)20-6-4-5-7-21(20)31/h4-7,12-14,16-17,26,37H,8-11,15H2,1-3H3,(H,36,39). The number of carbonyl (C=O) groups excluding carboxylic acids is 1. The molecule has 0 bridgehead atoms. The molecule has 12 heteroatoms. The zero-order valence-corrected chi connectivity index (χ0v) is 23.8. The maximum Gasteiger partial charge on any atom is 0.427 e. The largest absolute Gasteiger partial charge is 0.427 e. The Kier molecular flexibility index (Phi) is 7.35. The number of aromatic nitrogens is 5. The average Bonchev–Trinajstić information content (AvgIpc) is 3.57. The number of pyridine rings is 1. The van der Waals surface area contributed by atoms with Gasteiger partial charge in [-0.1, -0.05) is 49.6 Å². The van der Waals surface area contributed by atoms with Crippen LogP contribution in [0.3, 0.4) is 0 Å². The van der Waals surface area contributed by atoms with Gasteiger partial charge in [-0.05, 0) is 43.7 Å². The van der Waals surface area contributed by atoms with Crippen LogP contribution in [-0.2, 0) is 21.7 Å². The minimum absolute atomic E-state index is 0.242. The van der Waals surface area contributed by atoms with Crippen LogP contribution in [0.5, 0.6) is 0 Å². The molecule has 1 aromatic carbocycles. The Balaban J connectivity index is 1.62. The highest BCUT2D eigenvalue weighted by molar-refractivity contribution is 6.30. The Morgan fingerprint density at radius 1 is 1.17 bits per heavy atom. The summed E-state index contributed by atoms with van der Waals surface area (Å²) in [5.41, 5.74) is 3.90. The molecule has 2 unspecified atom stereocenters. The van der Waals surface area contributed by atoms with Crippen LogP contribution in [0.2, 0.25) is 5.02 Å². The molecule has 4 aromatic rings. The zero-order chi connectivity index (χ0) is 28.7. The van der Waals surface area contributed by atoms with Crippen molar-refractivity contribution in [2.24, 2.45) is 11.8 Å². The first-order valence-electron chi connectivity index (χ1n) is 13.7. The number of imidazole rings is 1. The first kappa shape index (κ1) is 27.5. The summed E-state index contributed by atoms with van der Waals surface area (Å²) in [6.45, 7) is 4.72. The quantitative estimate of drug-likeness (QED) is 0.288. The Morgan fingerprint density at radius 3 is 2.63 bits per heavy atom. The fourth-order valence-electron chi connectivity index (χ4n) is 5.81. The summed E-state index contributed by atoms with van der Waals surface area (Å²) in [5.74, 6) is 1.40. The molecule has 1 aliphatic carbocycles. The molecule has 2 aliphatic rings. The van der Waals surface area contributed by atoms with Gasteiger partial charge in [0.25, 0.3) is 0 Å². The van der Waals surface area contributed by atoms with Crippen LogP contribution in [-0.4, -0.2) is 37.7 Å². The van der Waals surface area contributed by atoms with Crippen molar-refractivity contribution < 1.29 is 18.8 Å². The Labute approximate surface area is 241 Å². The fraction of sp³-hybridized carbons (Fsp3) is 0.414. The van der Waals surface area contributed by atoms with Crippen molar-refractivity contribution in [3.63, 3.8) is 0 Å². The molecule has 1 aliphatic heterocycles. The molecular weight excluding hydrogens is 549 g/mol. The highest BCUT2D eigenvalue weighted by atomic mass is 35.5. The second kappa shape index (κ2) is 11.0. The summed E-state index contributed by atoms with van der Waals surface area (Å²) in [4.78, 5) is 35.6. The van der Waals surface area contributed by atoms with Gasteiger partial charge in [0, 0.05) is 37.2 Å². The van der Waals surface area contributed by atoms with Gasteiger partial charge in [-0.15, -0.1) is 5.48 Å². The van der Waals surface area contributed by atoms with Gasteiger partial charge in [-0.3, -0.25) is 10.3 Å². The minimum Gasteiger partial charge on any atom is -0.366 e. The Bertz CT molecular complexity index is 1610. The maximum atomic E-state index is 15.3. The number of hydrogen-bond acceptors (Lipinski definition) is 8. The maximum absolute atomic E-state index is 15.3. The lowest BCUT2D eigenvalue weighted by atomic mass is 9.83. The molecule has 10 nitrogen and oxygen atoms in total. The van der Waals surface area contributed by atoms with Crippen LogP contribution >= 0.6 is 11.6 Å². The van der Waals surface area contributed by atoms with Gasteiger partial charge in [0.1, 0.15) is 22.9 Å².